The molecule has 0 rings (SSSR count). The first-order chi connectivity index (χ1) is 9.80. The normalized spacial score (nSPS) is 11.3. The van der Waals surface area contributed by atoms with Crippen molar-refractivity contribution in [3.05, 3.63) is 0 Å². The largest absolute Gasteiger partial charge is 0.481 e. The third kappa shape index (κ3) is 8.32. The van der Waals surface area contributed by atoms with E-state index in [9.17, 15) is 14.4 Å². The highest BCUT2D eigenvalue weighted by molar-refractivity contribution is 5.97. The van der Waals surface area contributed by atoms with Gasteiger partial charge in [-0.05, 0) is 19.8 Å². The van der Waals surface area contributed by atoms with Gasteiger partial charge in [0.25, 0.3) is 0 Å². The zero-order valence-corrected chi connectivity index (χ0v) is 12.6. The number of carbonyl (C=O) groups is 3. The molecule has 0 saturated heterocycles. The minimum atomic E-state index is -1.68. The lowest BCUT2D eigenvalue weighted by molar-refractivity contribution is -0.163. The maximum Gasteiger partial charge on any atom is 0.320 e. The highest BCUT2D eigenvalue weighted by Crippen LogP contribution is 2.25. The van der Waals surface area contributed by atoms with Crippen LogP contribution >= 0.6 is 0 Å². The molecule has 0 bridgehead atoms. The summed E-state index contributed by atoms with van der Waals surface area (Å²) in [7, 11) is 0. The van der Waals surface area contributed by atoms with Crippen molar-refractivity contribution in [2.24, 2.45) is 5.41 Å². The summed E-state index contributed by atoms with van der Waals surface area (Å²) in [6.45, 7) is 1.25. The molecule has 0 spiro atoms. The molecular formula is C15H26O6. The summed E-state index contributed by atoms with van der Waals surface area (Å²) in [5.41, 5.74) is -1.68. The first kappa shape index (κ1) is 19.4. The fourth-order valence-corrected chi connectivity index (χ4v) is 2.12. The van der Waals surface area contributed by atoms with Gasteiger partial charge in [0, 0.05) is 6.42 Å². The molecule has 6 heteroatoms. The molecule has 3 N–H and O–H groups in total. The average Bonchev–Trinajstić information content (AvgIpc) is 2.39. The van der Waals surface area contributed by atoms with E-state index in [2.05, 4.69) is 0 Å². The van der Waals surface area contributed by atoms with Crippen molar-refractivity contribution < 1.29 is 29.7 Å². The quantitative estimate of drug-likeness (QED) is 0.356. The summed E-state index contributed by atoms with van der Waals surface area (Å²) in [5, 5.41) is 26.4. The van der Waals surface area contributed by atoms with E-state index >= 15 is 0 Å². The highest BCUT2D eigenvalue weighted by Gasteiger charge is 2.40. The number of rotatable bonds is 13. The molecule has 0 aromatic carbocycles. The molecule has 0 aromatic rings. The van der Waals surface area contributed by atoms with Crippen LogP contribution in [0.2, 0.25) is 0 Å². The van der Waals surface area contributed by atoms with Crippen LogP contribution in [0.5, 0.6) is 0 Å². The molecule has 0 heterocycles. The zero-order chi connectivity index (χ0) is 16.3. The van der Waals surface area contributed by atoms with Crippen LogP contribution in [0.4, 0.5) is 0 Å². The van der Waals surface area contributed by atoms with Gasteiger partial charge in [-0.2, -0.15) is 0 Å². The first-order valence-electron chi connectivity index (χ1n) is 7.49. The maximum atomic E-state index is 11.0. The molecule has 0 amide bonds. The van der Waals surface area contributed by atoms with E-state index in [-0.39, 0.29) is 12.8 Å². The van der Waals surface area contributed by atoms with E-state index in [4.69, 9.17) is 15.3 Å². The first-order valence-corrected chi connectivity index (χ1v) is 7.49. The topological polar surface area (TPSA) is 112 Å². The van der Waals surface area contributed by atoms with Crippen LogP contribution in [-0.2, 0) is 14.4 Å². The number of unbranched alkanes of at least 4 members (excludes halogenated alkanes) is 7. The van der Waals surface area contributed by atoms with Gasteiger partial charge in [-0.25, -0.2) is 0 Å². The van der Waals surface area contributed by atoms with Gasteiger partial charge in [-0.15, -0.1) is 0 Å². The Balaban J connectivity index is 3.58. The van der Waals surface area contributed by atoms with Gasteiger partial charge in [-0.1, -0.05) is 44.9 Å². The Morgan fingerprint density at radius 3 is 1.48 bits per heavy atom. The molecule has 0 saturated carbocycles. The predicted octanol–water partition coefficient (Wildman–Crippen LogP) is 3.15. The second-order valence-corrected chi connectivity index (χ2v) is 5.66. The Morgan fingerprint density at radius 1 is 0.714 bits per heavy atom. The summed E-state index contributed by atoms with van der Waals surface area (Å²) in [5.74, 6) is -3.32. The van der Waals surface area contributed by atoms with Crippen LogP contribution < -0.4 is 0 Å². The molecule has 0 atom stereocenters. The minimum absolute atomic E-state index is 0.149. The van der Waals surface area contributed by atoms with Crippen LogP contribution in [0.1, 0.15) is 71.1 Å². The smallest absolute Gasteiger partial charge is 0.320 e. The van der Waals surface area contributed by atoms with Crippen molar-refractivity contribution in [1.82, 2.24) is 0 Å². The van der Waals surface area contributed by atoms with E-state index in [1.165, 1.54) is 6.92 Å². The number of hydrogen-bond donors (Lipinski definition) is 3. The lowest BCUT2D eigenvalue weighted by atomic mass is 9.85. The van der Waals surface area contributed by atoms with Gasteiger partial charge < -0.3 is 15.3 Å². The van der Waals surface area contributed by atoms with E-state index in [1.54, 1.807) is 0 Å². The Labute approximate surface area is 125 Å². The van der Waals surface area contributed by atoms with E-state index < -0.39 is 23.3 Å². The summed E-state index contributed by atoms with van der Waals surface area (Å²) < 4.78 is 0. The Hall–Kier alpha value is -1.59. The summed E-state index contributed by atoms with van der Waals surface area (Å²) in [6, 6.07) is 0. The maximum absolute atomic E-state index is 11.0. The van der Waals surface area contributed by atoms with Crippen molar-refractivity contribution >= 4 is 17.9 Å². The third-order valence-electron chi connectivity index (χ3n) is 3.76. The minimum Gasteiger partial charge on any atom is -0.481 e. The van der Waals surface area contributed by atoms with Crippen molar-refractivity contribution in [1.29, 1.82) is 0 Å². The SMILES string of the molecule is CC(CCCCCCCCCCC(=O)O)(C(=O)O)C(=O)O. The monoisotopic (exact) mass is 302 g/mol. The van der Waals surface area contributed by atoms with Crippen LogP contribution in [0.3, 0.4) is 0 Å². The van der Waals surface area contributed by atoms with Gasteiger partial charge >= 0.3 is 17.9 Å². The lowest BCUT2D eigenvalue weighted by Gasteiger charge is -2.19. The average molecular weight is 302 g/mol. The number of aliphatic carboxylic acids is 3. The molecule has 0 unspecified atom stereocenters. The van der Waals surface area contributed by atoms with Crippen molar-refractivity contribution in [2.75, 3.05) is 0 Å². The Bertz CT molecular complexity index is 336. The fourth-order valence-electron chi connectivity index (χ4n) is 2.12. The Kier molecular flexibility index (Phi) is 9.41. The molecule has 0 radical (unpaired) electrons. The fraction of sp³-hybridized carbons (Fsp3) is 0.800. The van der Waals surface area contributed by atoms with Gasteiger partial charge in [-0.3, -0.25) is 14.4 Å². The third-order valence-corrected chi connectivity index (χ3v) is 3.76. The zero-order valence-electron chi connectivity index (χ0n) is 12.6. The Morgan fingerprint density at radius 2 is 1.10 bits per heavy atom. The molecule has 0 aliphatic heterocycles. The molecular weight excluding hydrogens is 276 g/mol. The molecule has 21 heavy (non-hydrogen) atoms. The van der Waals surface area contributed by atoms with Crippen molar-refractivity contribution in [3.8, 4) is 0 Å². The standard InChI is InChI=1S/C15H26O6/c1-15(13(18)19,14(20)21)11-9-7-5-3-2-4-6-8-10-12(16)17/h2-11H2,1H3,(H,16,17)(H,18,19)(H,20,21). The second kappa shape index (κ2) is 10.2. The van der Waals surface area contributed by atoms with Crippen LogP contribution in [0, 0.1) is 5.41 Å². The summed E-state index contributed by atoms with van der Waals surface area (Å²) in [4.78, 5) is 32.2. The lowest BCUT2D eigenvalue weighted by Crippen LogP contribution is -2.36. The van der Waals surface area contributed by atoms with Gasteiger partial charge in [0.15, 0.2) is 5.41 Å². The van der Waals surface area contributed by atoms with Crippen molar-refractivity contribution in [2.45, 2.75) is 71.1 Å². The van der Waals surface area contributed by atoms with Gasteiger partial charge in [0.1, 0.15) is 0 Å². The number of carboxylic acids is 3. The molecule has 0 fully saturated rings. The second-order valence-electron chi connectivity index (χ2n) is 5.66. The molecule has 0 aliphatic carbocycles. The van der Waals surface area contributed by atoms with Crippen molar-refractivity contribution in [3.63, 3.8) is 0 Å². The predicted molar refractivity (Wildman–Crippen MR) is 77.2 cm³/mol. The van der Waals surface area contributed by atoms with Crippen LogP contribution in [-0.4, -0.2) is 33.2 Å². The molecule has 0 aromatic heterocycles. The summed E-state index contributed by atoms with van der Waals surface area (Å²) >= 11 is 0. The molecule has 122 valence electrons. The highest BCUT2D eigenvalue weighted by atomic mass is 16.4. The van der Waals surface area contributed by atoms with Crippen LogP contribution in [0.25, 0.3) is 0 Å². The van der Waals surface area contributed by atoms with Crippen LogP contribution in [0.15, 0.2) is 0 Å². The number of carboxylic acid groups (broad SMARTS) is 3. The number of hydrogen-bond acceptors (Lipinski definition) is 3. The van der Waals surface area contributed by atoms with E-state index in [1.807, 2.05) is 0 Å². The molecule has 0 aliphatic rings. The summed E-state index contributed by atoms with van der Waals surface area (Å²) in [6.07, 6.45) is 7.44. The van der Waals surface area contributed by atoms with Gasteiger partial charge in [0.05, 0.1) is 0 Å². The molecule has 6 nitrogen and oxygen atoms in total. The van der Waals surface area contributed by atoms with E-state index in [0.29, 0.717) is 12.8 Å². The van der Waals surface area contributed by atoms with E-state index in [0.717, 1.165) is 38.5 Å². The van der Waals surface area contributed by atoms with Gasteiger partial charge in [0.2, 0.25) is 0 Å².